The lowest BCUT2D eigenvalue weighted by Gasteiger charge is -2.34. The Morgan fingerprint density at radius 1 is 0.783 bits per heavy atom. The summed E-state index contributed by atoms with van der Waals surface area (Å²) in [5, 5.41) is 2.89. The number of sulfonamides is 1. The first-order chi connectivity index (χ1) is 22.1. The second-order valence-electron chi connectivity index (χ2n) is 10.2. The van der Waals surface area contributed by atoms with Gasteiger partial charge in [-0.15, -0.1) is 0 Å². The molecular weight excluding hydrogens is 630 g/mol. The Kier molecular flexibility index (Phi) is 11.5. The van der Waals surface area contributed by atoms with Crippen LogP contribution in [0.15, 0.2) is 102 Å². The van der Waals surface area contributed by atoms with Crippen LogP contribution in [0.4, 0.5) is 5.69 Å². The van der Waals surface area contributed by atoms with Gasteiger partial charge in [0.15, 0.2) is 11.5 Å². The van der Waals surface area contributed by atoms with E-state index in [1.807, 2.05) is 60.7 Å². The number of nitrogens with zero attached hydrogens (tertiary/aromatic N) is 2. The standard InChI is InChI=1S/C34H36ClN3O7S/c1-36-34(40)29(19-24-11-7-5-8-12-24)37(22-25-13-9-6-10-14-25)33(39)23-38(28-20-26(35)15-17-30(28)43-2)46(41,42)27-16-18-31(44-3)32(21-27)45-4/h5-18,20-21,29H,19,22-23H2,1-4H3,(H,36,40)/t29-/m0/s1. The molecule has 0 radical (unpaired) electrons. The number of hydrogen-bond donors (Lipinski definition) is 1. The zero-order valence-corrected chi connectivity index (χ0v) is 27.5. The van der Waals surface area contributed by atoms with Crippen LogP contribution in [0, 0.1) is 0 Å². The molecule has 0 unspecified atom stereocenters. The molecule has 0 bridgehead atoms. The lowest BCUT2D eigenvalue weighted by Crippen LogP contribution is -2.53. The van der Waals surface area contributed by atoms with Crippen LogP contribution in [0.5, 0.6) is 17.2 Å². The maximum absolute atomic E-state index is 14.5. The van der Waals surface area contributed by atoms with E-state index in [1.165, 1.54) is 63.6 Å². The molecule has 242 valence electrons. The molecule has 4 rings (SSSR count). The molecule has 4 aromatic rings. The van der Waals surface area contributed by atoms with Crippen LogP contribution in [0.25, 0.3) is 0 Å². The van der Waals surface area contributed by atoms with Crippen molar-refractivity contribution in [3.05, 3.63) is 113 Å². The molecule has 2 amide bonds. The molecule has 10 nitrogen and oxygen atoms in total. The average Bonchev–Trinajstić information content (AvgIpc) is 3.08. The van der Waals surface area contributed by atoms with Gasteiger partial charge in [0.25, 0.3) is 10.0 Å². The fourth-order valence-corrected chi connectivity index (χ4v) is 6.58. The minimum Gasteiger partial charge on any atom is -0.495 e. The molecule has 0 aliphatic rings. The Labute approximate surface area is 274 Å². The van der Waals surface area contributed by atoms with Crippen LogP contribution in [0.1, 0.15) is 11.1 Å². The van der Waals surface area contributed by atoms with Gasteiger partial charge in [-0.25, -0.2) is 8.42 Å². The number of hydrogen-bond acceptors (Lipinski definition) is 7. The molecule has 0 fully saturated rings. The van der Waals surface area contributed by atoms with Crippen LogP contribution in [-0.4, -0.2) is 66.1 Å². The maximum Gasteiger partial charge on any atom is 0.265 e. The van der Waals surface area contributed by atoms with Crippen molar-refractivity contribution in [3.63, 3.8) is 0 Å². The lowest BCUT2D eigenvalue weighted by atomic mass is 10.0. The summed E-state index contributed by atoms with van der Waals surface area (Å²) < 4.78 is 46.0. The van der Waals surface area contributed by atoms with Gasteiger partial charge >= 0.3 is 0 Å². The molecule has 1 atom stereocenters. The number of nitrogens with one attached hydrogen (secondary N) is 1. The van der Waals surface area contributed by atoms with Crippen molar-refractivity contribution in [2.75, 3.05) is 39.2 Å². The number of halogens is 1. The average molecular weight is 666 g/mol. The summed E-state index contributed by atoms with van der Waals surface area (Å²) in [5.41, 5.74) is 1.62. The second-order valence-corrected chi connectivity index (χ2v) is 12.5. The molecule has 0 heterocycles. The smallest absolute Gasteiger partial charge is 0.265 e. The van der Waals surface area contributed by atoms with E-state index in [1.54, 1.807) is 6.07 Å². The first-order valence-corrected chi connectivity index (χ1v) is 16.1. The highest BCUT2D eigenvalue weighted by Crippen LogP contribution is 2.37. The van der Waals surface area contributed by atoms with Crippen molar-refractivity contribution < 1.29 is 32.2 Å². The molecular formula is C34H36ClN3O7S. The van der Waals surface area contributed by atoms with Gasteiger partial charge in [-0.2, -0.15) is 0 Å². The van der Waals surface area contributed by atoms with Crippen LogP contribution < -0.4 is 23.8 Å². The number of anilines is 1. The van der Waals surface area contributed by atoms with Crippen molar-refractivity contribution in [2.24, 2.45) is 0 Å². The summed E-state index contributed by atoms with van der Waals surface area (Å²) in [6.07, 6.45) is 0.196. The SMILES string of the molecule is CNC(=O)[C@H](Cc1ccccc1)N(Cc1ccccc1)C(=O)CN(c1cc(Cl)ccc1OC)S(=O)(=O)c1ccc(OC)c(OC)c1. The van der Waals surface area contributed by atoms with Gasteiger partial charge in [0.1, 0.15) is 18.3 Å². The molecule has 0 saturated heterocycles. The number of carbonyl (C=O) groups is 2. The van der Waals surface area contributed by atoms with Gasteiger partial charge in [-0.3, -0.25) is 13.9 Å². The summed E-state index contributed by atoms with van der Waals surface area (Å²) in [5.74, 6) is -0.348. The van der Waals surface area contributed by atoms with Crippen LogP contribution in [0.2, 0.25) is 5.02 Å². The third-order valence-electron chi connectivity index (χ3n) is 7.34. The number of benzene rings is 4. The maximum atomic E-state index is 14.5. The van der Waals surface area contributed by atoms with E-state index in [2.05, 4.69) is 5.32 Å². The minimum atomic E-state index is -4.46. The van der Waals surface area contributed by atoms with E-state index in [0.717, 1.165) is 15.4 Å². The lowest BCUT2D eigenvalue weighted by molar-refractivity contribution is -0.139. The van der Waals surface area contributed by atoms with E-state index in [0.29, 0.717) is 5.75 Å². The van der Waals surface area contributed by atoms with Crippen molar-refractivity contribution >= 4 is 39.1 Å². The molecule has 0 aromatic heterocycles. The molecule has 0 spiro atoms. The fourth-order valence-electron chi connectivity index (χ4n) is 4.98. The number of ether oxygens (including phenoxy) is 3. The monoisotopic (exact) mass is 665 g/mol. The number of methoxy groups -OCH3 is 3. The topological polar surface area (TPSA) is 114 Å². The Hall–Kier alpha value is -4.74. The van der Waals surface area contributed by atoms with E-state index in [9.17, 15) is 18.0 Å². The zero-order chi connectivity index (χ0) is 33.3. The van der Waals surface area contributed by atoms with Gasteiger partial charge < -0.3 is 24.4 Å². The molecule has 0 aliphatic carbocycles. The van der Waals surface area contributed by atoms with Crippen molar-refractivity contribution in [2.45, 2.75) is 23.9 Å². The largest absolute Gasteiger partial charge is 0.495 e. The Balaban J connectivity index is 1.85. The van der Waals surface area contributed by atoms with E-state index in [4.69, 9.17) is 25.8 Å². The van der Waals surface area contributed by atoms with Crippen LogP contribution in [0.3, 0.4) is 0 Å². The molecule has 0 aliphatic heterocycles. The van der Waals surface area contributed by atoms with E-state index in [-0.39, 0.29) is 40.1 Å². The molecule has 1 N–H and O–H groups in total. The van der Waals surface area contributed by atoms with Crippen molar-refractivity contribution in [3.8, 4) is 17.2 Å². The highest BCUT2D eigenvalue weighted by Gasteiger charge is 2.35. The molecule has 4 aromatic carbocycles. The Morgan fingerprint density at radius 3 is 1.96 bits per heavy atom. The van der Waals surface area contributed by atoms with Gasteiger partial charge in [0, 0.05) is 31.1 Å². The number of rotatable bonds is 14. The Bertz CT molecular complexity index is 1760. The summed E-state index contributed by atoms with van der Waals surface area (Å²) >= 11 is 6.35. The van der Waals surface area contributed by atoms with Gasteiger partial charge in [-0.05, 0) is 41.5 Å². The van der Waals surface area contributed by atoms with Gasteiger partial charge in [0.2, 0.25) is 11.8 Å². The number of amides is 2. The van der Waals surface area contributed by atoms with Gasteiger partial charge in [0.05, 0.1) is 31.9 Å². The third-order valence-corrected chi connectivity index (χ3v) is 9.34. The summed E-state index contributed by atoms with van der Waals surface area (Å²) in [6, 6.07) is 26.1. The summed E-state index contributed by atoms with van der Waals surface area (Å²) in [4.78, 5) is 29.1. The van der Waals surface area contributed by atoms with E-state index >= 15 is 0 Å². The first-order valence-electron chi connectivity index (χ1n) is 14.3. The predicted molar refractivity (Wildman–Crippen MR) is 177 cm³/mol. The van der Waals surface area contributed by atoms with Crippen molar-refractivity contribution in [1.29, 1.82) is 0 Å². The quantitative estimate of drug-likeness (QED) is 0.203. The van der Waals surface area contributed by atoms with Crippen LogP contribution >= 0.6 is 11.6 Å². The Morgan fingerprint density at radius 2 is 1.37 bits per heavy atom. The zero-order valence-electron chi connectivity index (χ0n) is 26.0. The third kappa shape index (κ3) is 7.91. The minimum absolute atomic E-state index is 0.0392. The van der Waals surface area contributed by atoms with E-state index < -0.39 is 34.4 Å². The summed E-state index contributed by atoms with van der Waals surface area (Å²) in [7, 11) is 1.25. The highest BCUT2D eigenvalue weighted by molar-refractivity contribution is 7.92. The normalized spacial score (nSPS) is 11.7. The molecule has 0 saturated carbocycles. The number of likely N-dealkylation sites (N-methyl/N-ethyl adjacent to an activating group) is 1. The first kappa shape index (κ1) is 34.1. The van der Waals surface area contributed by atoms with Crippen LogP contribution in [-0.2, 0) is 32.6 Å². The second kappa shape index (κ2) is 15.5. The highest BCUT2D eigenvalue weighted by atomic mass is 35.5. The molecule has 12 heteroatoms. The number of carbonyl (C=O) groups excluding carboxylic acids is 2. The van der Waals surface area contributed by atoms with Crippen molar-refractivity contribution in [1.82, 2.24) is 10.2 Å². The summed E-state index contributed by atoms with van der Waals surface area (Å²) in [6.45, 7) is -0.635. The fraction of sp³-hybridized carbons (Fsp3) is 0.235. The molecule has 46 heavy (non-hydrogen) atoms. The predicted octanol–water partition coefficient (Wildman–Crippen LogP) is 4.95. The van der Waals surface area contributed by atoms with Gasteiger partial charge in [-0.1, -0.05) is 72.3 Å².